The standard InChI is InChI=1S/C14H22N4O5/c1-3-17(4-2)8-15-10-5-6-18(14(22)16-10)13-12(21)11(20)9(7-19)23-13/h5-6,8-9,11-13,19-21H,3-4,7H2,1-2H3/b15-8+/t9-,11?,12?,13-/m1/s1. The molecule has 0 aliphatic carbocycles. The van der Waals surface area contributed by atoms with E-state index in [0.717, 1.165) is 17.7 Å². The molecule has 0 spiro atoms. The summed E-state index contributed by atoms with van der Waals surface area (Å²) >= 11 is 0. The fourth-order valence-corrected chi connectivity index (χ4v) is 2.31. The van der Waals surface area contributed by atoms with Crippen LogP contribution in [0.1, 0.15) is 20.1 Å². The third kappa shape index (κ3) is 3.75. The highest BCUT2D eigenvalue weighted by atomic mass is 16.6. The molecule has 1 aliphatic rings. The zero-order valence-corrected chi connectivity index (χ0v) is 13.1. The van der Waals surface area contributed by atoms with Gasteiger partial charge in [-0.1, -0.05) is 0 Å². The van der Waals surface area contributed by atoms with Gasteiger partial charge in [-0.15, -0.1) is 0 Å². The Hall–Kier alpha value is -1.81. The second-order valence-corrected chi connectivity index (χ2v) is 5.17. The summed E-state index contributed by atoms with van der Waals surface area (Å²) in [5.41, 5.74) is -0.658. The lowest BCUT2D eigenvalue weighted by Crippen LogP contribution is -2.35. The monoisotopic (exact) mass is 326 g/mol. The second-order valence-electron chi connectivity index (χ2n) is 5.17. The molecule has 4 atom stereocenters. The van der Waals surface area contributed by atoms with Gasteiger partial charge >= 0.3 is 5.69 Å². The molecule has 2 unspecified atom stereocenters. The lowest BCUT2D eigenvalue weighted by molar-refractivity contribution is -0.0549. The largest absolute Gasteiger partial charge is 0.394 e. The van der Waals surface area contributed by atoms with Gasteiger partial charge in [0.05, 0.1) is 12.9 Å². The maximum atomic E-state index is 12.1. The van der Waals surface area contributed by atoms with E-state index in [4.69, 9.17) is 9.84 Å². The molecule has 1 aliphatic heterocycles. The van der Waals surface area contributed by atoms with E-state index < -0.39 is 36.8 Å². The molecule has 1 aromatic rings. The summed E-state index contributed by atoms with van der Waals surface area (Å²) in [5.74, 6) is 0.241. The fraction of sp³-hybridized carbons (Fsp3) is 0.643. The van der Waals surface area contributed by atoms with Crippen molar-refractivity contribution in [3.63, 3.8) is 0 Å². The van der Waals surface area contributed by atoms with E-state index >= 15 is 0 Å². The van der Waals surface area contributed by atoms with E-state index in [1.165, 1.54) is 12.3 Å². The normalized spacial score (nSPS) is 27.7. The zero-order chi connectivity index (χ0) is 17.0. The number of ether oxygens (including phenoxy) is 1. The molecule has 0 saturated carbocycles. The molecule has 9 heteroatoms. The van der Waals surface area contributed by atoms with Gasteiger partial charge < -0.3 is 25.0 Å². The Bertz CT molecular complexity index is 601. The number of aromatic nitrogens is 2. The lowest BCUT2D eigenvalue weighted by Gasteiger charge is -2.17. The average Bonchev–Trinajstić information content (AvgIpc) is 2.84. The highest BCUT2D eigenvalue weighted by Crippen LogP contribution is 2.28. The SMILES string of the molecule is CCN(/C=N/c1ccn([C@@H]2O[C@H](CO)C(O)C2O)c(=O)n1)CC. The van der Waals surface area contributed by atoms with Gasteiger partial charge in [-0.3, -0.25) is 4.57 Å². The van der Waals surface area contributed by atoms with Crippen molar-refractivity contribution in [1.29, 1.82) is 0 Å². The maximum Gasteiger partial charge on any atom is 0.351 e. The molecule has 1 fully saturated rings. The third-order valence-electron chi connectivity index (χ3n) is 3.77. The van der Waals surface area contributed by atoms with Crippen LogP contribution >= 0.6 is 0 Å². The first-order chi connectivity index (χ1) is 11.0. The maximum absolute atomic E-state index is 12.1. The molecule has 0 bridgehead atoms. The van der Waals surface area contributed by atoms with Crippen LogP contribution in [-0.4, -0.2) is 74.1 Å². The van der Waals surface area contributed by atoms with Gasteiger partial charge in [-0.05, 0) is 19.9 Å². The predicted molar refractivity (Wildman–Crippen MR) is 82.6 cm³/mol. The van der Waals surface area contributed by atoms with Gasteiger partial charge in [0.25, 0.3) is 0 Å². The van der Waals surface area contributed by atoms with E-state index in [1.807, 2.05) is 18.7 Å². The predicted octanol–water partition coefficient (Wildman–Crippen LogP) is -1.14. The Morgan fingerprint density at radius 3 is 2.61 bits per heavy atom. The number of hydrogen-bond donors (Lipinski definition) is 3. The first kappa shape index (κ1) is 17.5. The van der Waals surface area contributed by atoms with E-state index in [0.29, 0.717) is 0 Å². The lowest BCUT2D eigenvalue weighted by atomic mass is 10.1. The van der Waals surface area contributed by atoms with Crippen LogP contribution in [-0.2, 0) is 4.74 Å². The average molecular weight is 326 g/mol. The Morgan fingerprint density at radius 1 is 1.39 bits per heavy atom. The molecule has 2 heterocycles. The second kappa shape index (κ2) is 7.64. The summed E-state index contributed by atoms with van der Waals surface area (Å²) in [6.07, 6.45) is -1.62. The van der Waals surface area contributed by atoms with Crippen molar-refractivity contribution in [3.8, 4) is 0 Å². The molecule has 1 saturated heterocycles. The minimum absolute atomic E-state index is 0.241. The van der Waals surface area contributed by atoms with Crippen molar-refractivity contribution in [2.75, 3.05) is 19.7 Å². The molecule has 9 nitrogen and oxygen atoms in total. The first-order valence-electron chi connectivity index (χ1n) is 7.51. The Morgan fingerprint density at radius 2 is 2.09 bits per heavy atom. The van der Waals surface area contributed by atoms with Crippen LogP contribution in [0.3, 0.4) is 0 Å². The molecule has 3 N–H and O–H groups in total. The molecule has 1 aromatic heterocycles. The minimum atomic E-state index is -1.32. The fourth-order valence-electron chi connectivity index (χ4n) is 2.31. The van der Waals surface area contributed by atoms with Gasteiger partial charge in [0.1, 0.15) is 18.3 Å². The summed E-state index contributed by atoms with van der Waals surface area (Å²) in [6, 6.07) is 1.51. The Labute approximate surface area is 133 Å². The summed E-state index contributed by atoms with van der Waals surface area (Å²) in [7, 11) is 0. The Balaban J connectivity index is 2.19. The van der Waals surface area contributed by atoms with Crippen molar-refractivity contribution >= 4 is 12.2 Å². The molecular weight excluding hydrogens is 304 g/mol. The van der Waals surface area contributed by atoms with Crippen molar-refractivity contribution in [2.45, 2.75) is 38.4 Å². The van der Waals surface area contributed by atoms with Crippen LogP contribution in [0, 0.1) is 0 Å². The summed E-state index contributed by atoms with van der Waals surface area (Å²) in [5, 5.41) is 28.7. The molecular formula is C14H22N4O5. The third-order valence-corrected chi connectivity index (χ3v) is 3.77. The molecule has 2 rings (SSSR count). The molecule has 128 valence electrons. The molecule has 0 radical (unpaired) electrons. The van der Waals surface area contributed by atoms with Crippen LogP contribution in [0.4, 0.5) is 5.82 Å². The summed E-state index contributed by atoms with van der Waals surface area (Å²) in [4.78, 5) is 22.0. The van der Waals surface area contributed by atoms with Crippen LogP contribution in [0.25, 0.3) is 0 Å². The number of rotatable bonds is 6. The van der Waals surface area contributed by atoms with E-state index in [1.54, 1.807) is 6.34 Å². The number of aliphatic hydroxyl groups excluding tert-OH is 3. The zero-order valence-electron chi connectivity index (χ0n) is 13.1. The van der Waals surface area contributed by atoms with E-state index in [-0.39, 0.29) is 5.82 Å². The first-order valence-corrected chi connectivity index (χ1v) is 7.51. The summed E-state index contributed by atoms with van der Waals surface area (Å²) < 4.78 is 6.37. The van der Waals surface area contributed by atoms with Gasteiger partial charge in [-0.2, -0.15) is 4.98 Å². The topological polar surface area (TPSA) is 120 Å². The number of hydrogen-bond acceptors (Lipinski definition) is 7. The van der Waals surface area contributed by atoms with Gasteiger partial charge in [0.2, 0.25) is 0 Å². The smallest absolute Gasteiger partial charge is 0.351 e. The molecule has 0 amide bonds. The highest BCUT2D eigenvalue weighted by Gasteiger charge is 2.43. The van der Waals surface area contributed by atoms with Crippen LogP contribution in [0.2, 0.25) is 0 Å². The number of aliphatic imine (C=N–C) groups is 1. The van der Waals surface area contributed by atoms with Crippen molar-refractivity contribution in [1.82, 2.24) is 14.5 Å². The highest BCUT2D eigenvalue weighted by molar-refractivity contribution is 5.59. The molecule has 0 aromatic carbocycles. The molecule has 23 heavy (non-hydrogen) atoms. The number of nitrogens with zero attached hydrogens (tertiary/aromatic N) is 4. The Kier molecular flexibility index (Phi) is 5.83. The van der Waals surface area contributed by atoms with Gasteiger partial charge in [0.15, 0.2) is 12.0 Å². The van der Waals surface area contributed by atoms with E-state index in [9.17, 15) is 15.0 Å². The minimum Gasteiger partial charge on any atom is -0.394 e. The van der Waals surface area contributed by atoms with Gasteiger partial charge in [-0.25, -0.2) is 9.79 Å². The summed E-state index contributed by atoms with van der Waals surface area (Å²) in [6.45, 7) is 5.10. The van der Waals surface area contributed by atoms with E-state index in [2.05, 4.69) is 9.98 Å². The quantitative estimate of drug-likeness (QED) is 0.446. The van der Waals surface area contributed by atoms with Crippen LogP contribution < -0.4 is 5.69 Å². The van der Waals surface area contributed by atoms with Crippen molar-refractivity contribution in [2.24, 2.45) is 4.99 Å². The van der Waals surface area contributed by atoms with Crippen LogP contribution in [0.15, 0.2) is 22.1 Å². The van der Waals surface area contributed by atoms with Crippen molar-refractivity contribution in [3.05, 3.63) is 22.7 Å². The van der Waals surface area contributed by atoms with Crippen LogP contribution in [0.5, 0.6) is 0 Å². The van der Waals surface area contributed by atoms with Crippen molar-refractivity contribution < 1.29 is 20.1 Å². The number of aliphatic hydroxyl groups is 3. The van der Waals surface area contributed by atoms with Gasteiger partial charge in [0, 0.05) is 19.3 Å².